The Bertz CT molecular complexity index is 476. The molecule has 2 nitrogen and oxygen atoms in total. The van der Waals surface area contributed by atoms with Crippen molar-refractivity contribution in [3.8, 4) is 5.75 Å². The van der Waals surface area contributed by atoms with E-state index in [4.69, 9.17) is 4.18 Å². The fraction of sp³-hybridized carbons (Fsp3) is 0.286. The predicted octanol–water partition coefficient (Wildman–Crippen LogP) is 3.39. The Morgan fingerprint density at radius 3 is 2.59 bits per heavy atom. The lowest BCUT2D eigenvalue weighted by Crippen LogP contribution is -2.32. The molecule has 17 heavy (non-hydrogen) atoms. The SMILES string of the molecule is CC1=CCC(C)(S(=O)Oc2ccccc2)C=C1. The molecule has 0 radical (unpaired) electrons. The second-order valence-electron chi connectivity index (χ2n) is 4.43. The quantitative estimate of drug-likeness (QED) is 0.819. The summed E-state index contributed by atoms with van der Waals surface area (Å²) in [6, 6.07) is 9.28. The third-order valence-corrected chi connectivity index (χ3v) is 4.23. The van der Waals surface area contributed by atoms with Crippen LogP contribution in [0.1, 0.15) is 20.3 Å². The van der Waals surface area contributed by atoms with Gasteiger partial charge in [-0.25, -0.2) is 4.21 Å². The van der Waals surface area contributed by atoms with E-state index in [1.807, 2.05) is 56.3 Å². The van der Waals surface area contributed by atoms with Crippen molar-refractivity contribution in [1.82, 2.24) is 0 Å². The fourth-order valence-electron chi connectivity index (χ4n) is 1.59. The molecule has 1 aromatic rings. The van der Waals surface area contributed by atoms with Crippen LogP contribution in [-0.4, -0.2) is 8.96 Å². The summed E-state index contributed by atoms with van der Waals surface area (Å²) in [5.41, 5.74) is 1.21. The van der Waals surface area contributed by atoms with E-state index >= 15 is 0 Å². The van der Waals surface area contributed by atoms with E-state index in [0.29, 0.717) is 5.75 Å². The largest absolute Gasteiger partial charge is 0.400 e. The molecule has 1 aromatic carbocycles. The highest BCUT2D eigenvalue weighted by atomic mass is 32.2. The third kappa shape index (κ3) is 2.86. The zero-order chi connectivity index (χ0) is 12.3. The zero-order valence-electron chi connectivity index (χ0n) is 10.1. The maximum Gasteiger partial charge on any atom is 0.216 e. The molecule has 0 saturated heterocycles. The lowest BCUT2D eigenvalue weighted by atomic mass is 9.98. The lowest BCUT2D eigenvalue weighted by molar-refractivity contribution is 0.531. The Labute approximate surface area is 105 Å². The van der Waals surface area contributed by atoms with Gasteiger partial charge in [0.2, 0.25) is 11.1 Å². The van der Waals surface area contributed by atoms with Gasteiger partial charge >= 0.3 is 0 Å². The zero-order valence-corrected chi connectivity index (χ0v) is 10.9. The van der Waals surface area contributed by atoms with E-state index in [2.05, 4.69) is 6.08 Å². The highest BCUT2D eigenvalue weighted by Crippen LogP contribution is 2.28. The maximum absolute atomic E-state index is 12.2. The Morgan fingerprint density at radius 1 is 1.29 bits per heavy atom. The maximum atomic E-state index is 12.2. The molecular formula is C14H16O2S. The van der Waals surface area contributed by atoms with Crippen LogP contribution in [0.4, 0.5) is 0 Å². The van der Waals surface area contributed by atoms with Gasteiger partial charge in [-0.05, 0) is 32.4 Å². The minimum Gasteiger partial charge on any atom is -0.400 e. The molecule has 2 atom stereocenters. The van der Waals surface area contributed by atoms with Crippen LogP contribution >= 0.6 is 0 Å². The van der Waals surface area contributed by atoms with Crippen LogP contribution in [0.15, 0.2) is 54.1 Å². The van der Waals surface area contributed by atoms with Gasteiger partial charge in [0.15, 0.2) is 0 Å². The third-order valence-electron chi connectivity index (χ3n) is 2.82. The van der Waals surface area contributed by atoms with E-state index in [-0.39, 0.29) is 0 Å². The van der Waals surface area contributed by atoms with Gasteiger partial charge in [0.25, 0.3) is 0 Å². The molecule has 0 aromatic heterocycles. The standard InChI is InChI=1S/C14H16O2S/c1-12-8-10-14(2,11-9-12)17(15)16-13-6-4-3-5-7-13/h3-10H,11H2,1-2H3. The highest BCUT2D eigenvalue weighted by molar-refractivity contribution is 7.82. The van der Waals surface area contributed by atoms with Crippen molar-refractivity contribution < 1.29 is 8.39 Å². The molecule has 90 valence electrons. The van der Waals surface area contributed by atoms with Gasteiger partial charge in [0, 0.05) is 0 Å². The molecule has 1 aliphatic rings. The normalized spacial score (nSPS) is 25.2. The molecule has 0 aliphatic heterocycles. The summed E-state index contributed by atoms with van der Waals surface area (Å²) in [7, 11) is 0. The number of hydrogen-bond acceptors (Lipinski definition) is 2. The Hall–Kier alpha value is -1.35. The molecule has 1 aliphatic carbocycles. The minimum absolute atomic E-state index is 0.435. The second kappa shape index (κ2) is 4.88. The van der Waals surface area contributed by atoms with Crippen LogP contribution in [0.3, 0.4) is 0 Å². The van der Waals surface area contributed by atoms with Crippen molar-refractivity contribution in [3.05, 3.63) is 54.1 Å². The van der Waals surface area contributed by atoms with E-state index in [0.717, 1.165) is 6.42 Å². The first-order chi connectivity index (χ1) is 8.10. The molecule has 0 fully saturated rings. The van der Waals surface area contributed by atoms with E-state index in [9.17, 15) is 4.21 Å². The van der Waals surface area contributed by atoms with Crippen molar-refractivity contribution in [3.63, 3.8) is 0 Å². The van der Waals surface area contributed by atoms with Gasteiger partial charge < -0.3 is 4.18 Å². The van der Waals surface area contributed by atoms with Crippen molar-refractivity contribution in [1.29, 1.82) is 0 Å². The predicted molar refractivity (Wildman–Crippen MR) is 71.1 cm³/mol. The number of benzene rings is 1. The molecule has 0 saturated carbocycles. The number of allylic oxidation sites excluding steroid dienone is 3. The fourth-order valence-corrected chi connectivity index (χ4v) is 2.46. The average Bonchev–Trinajstić information content (AvgIpc) is 2.34. The number of hydrogen-bond donors (Lipinski definition) is 0. The van der Waals surface area contributed by atoms with Crippen LogP contribution in [0.25, 0.3) is 0 Å². The van der Waals surface area contributed by atoms with Crippen LogP contribution in [0.2, 0.25) is 0 Å². The van der Waals surface area contributed by atoms with Gasteiger partial charge in [-0.1, -0.05) is 42.0 Å². The van der Waals surface area contributed by atoms with Crippen molar-refractivity contribution in [2.45, 2.75) is 25.0 Å². The molecule has 0 spiro atoms. The average molecular weight is 248 g/mol. The number of rotatable bonds is 3. The molecule has 0 heterocycles. The monoisotopic (exact) mass is 248 g/mol. The molecule has 3 heteroatoms. The summed E-state index contributed by atoms with van der Waals surface area (Å²) < 4.78 is 17.3. The lowest BCUT2D eigenvalue weighted by Gasteiger charge is -2.25. The van der Waals surface area contributed by atoms with Gasteiger partial charge in [-0.3, -0.25) is 0 Å². The molecule has 2 rings (SSSR count). The minimum atomic E-state index is -1.37. The summed E-state index contributed by atoms with van der Waals surface area (Å²) in [6.07, 6.45) is 6.80. The molecular weight excluding hydrogens is 232 g/mol. The topological polar surface area (TPSA) is 26.3 Å². The number of para-hydroxylation sites is 1. The van der Waals surface area contributed by atoms with Gasteiger partial charge in [0.1, 0.15) is 10.5 Å². The van der Waals surface area contributed by atoms with Crippen LogP contribution in [0.5, 0.6) is 5.75 Å². The van der Waals surface area contributed by atoms with E-state index < -0.39 is 15.8 Å². The first-order valence-electron chi connectivity index (χ1n) is 5.61. The Morgan fingerprint density at radius 2 is 2.00 bits per heavy atom. The Balaban J connectivity index is 2.09. The molecule has 0 amide bonds. The van der Waals surface area contributed by atoms with Crippen LogP contribution in [-0.2, 0) is 11.1 Å². The second-order valence-corrected chi connectivity index (χ2v) is 6.00. The summed E-state index contributed by atoms with van der Waals surface area (Å²) in [6.45, 7) is 3.99. The van der Waals surface area contributed by atoms with Gasteiger partial charge in [0.05, 0.1) is 0 Å². The van der Waals surface area contributed by atoms with Crippen molar-refractivity contribution in [2.24, 2.45) is 0 Å². The van der Waals surface area contributed by atoms with E-state index in [1.54, 1.807) is 0 Å². The van der Waals surface area contributed by atoms with Crippen LogP contribution < -0.4 is 4.18 Å². The highest BCUT2D eigenvalue weighted by Gasteiger charge is 2.31. The first-order valence-corrected chi connectivity index (χ1v) is 6.69. The molecule has 0 N–H and O–H groups in total. The van der Waals surface area contributed by atoms with E-state index in [1.165, 1.54) is 5.57 Å². The molecule has 2 unspecified atom stereocenters. The van der Waals surface area contributed by atoms with Gasteiger partial charge in [-0.2, -0.15) is 0 Å². The van der Waals surface area contributed by atoms with Crippen LogP contribution in [0, 0.1) is 0 Å². The van der Waals surface area contributed by atoms with Crippen molar-refractivity contribution >= 4 is 11.1 Å². The summed E-state index contributed by atoms with van der Waals surface area (Å²) in [5.74, 6) is 0.645. The summed E-state index contributed by atoms with van der Waals surface area (Å²) in [5, 5.41) is 0. The summed E-state index contributed by atoms with van der Waals surface area (Å²) in [4.78, 5) is 0. The Kier molecular flexibility index (Phi) is 3.48. The summed E-state index contributed by atoms with van der Waals surface area (Å²) >= 11 is -1.37. The molecule has 0 bridgehead atoms. The smallest absolute Gasteiger partial charge is 0.216 e. The van der Waals surface area contributed by atoms with Gasteiger partial charge in [-0.15, -0.1) is 0 Å². The first kappa shape index (κ1) is 12.1. The van der Waals surface area contributed by atoms with Crippen molar-refractivity contribution in [2.75, 3.05) is 0 Å².